The molecule has 0 bridgehead atoms. The lowest BCUT2D eigenvalue weighted by Crippen LogP contribution is -1.95. The highest BCUT2D eigenvalue weighted by Crippen LogP contribution is 2.24. The quantitative estimate of drug-likeness (QED) is 0.730. The Balaban J connectivity index is 2.26. The Morgan fingerprint density at radius 2 is 1.83 bits per heavy atom. The van der Waals surface area contributed by atoms with E-state index in [9.17, 15) is 0 Å². The second-order valence-corrected chi connectivity index (χ2v) is 4.71. The molecule has 0 amide bonds. The lowest BCUT2D eigenvalue weighted by Gasteiger charge is -2.05. The van der Waals surface area contributed by atoms with E-state index in [0.717, 1.165) is 27.4 Å². The van der Waals surface area contributed by atoms with Crippen molar-refractivity contribution >= 4 is 21.6 Å². The Morgan fingerprint density at radius 3 is 2.56 bits per heavy atom. The molecule has 2 aromatic heterocycles. The van der Waals surface area contributed by atoms with Gasteiger partial charge in [-0.2, -0.15) is 0 Å². The summed E-state index contributed by atoms with van der Waals surface area (Å²) in [5.41, 5.74) is 1.77. The molecule has 3 rings (SSSR count). The first-order valence-corrected chi connectivity index (χ1v) is 6.23. The summed E-state index contributed by atoms with van der Waals surface area (Å²) in [5, 5.41) is 8.37. The third-order valence-electron chi connectivity index (χ3n) is 2.70. The minimum Gasteiger partial charge on any atom is -0.482 e. The monoisotopic (exact) mass is 303 g/mol. The minimum absolute atomic E-state index is 0.718. The maximum absolute atomic E-state index is 5.35. The zero-order valence-corrected chi connectivity index (χ0v) is 11.3. The number of benzene rings is 1. The van der Waals surface area contributed by atoms with E-state index in [-0.39, 0.29) is 0 Å². The first-order valence-electron chi connectivity index (χ1n) is 5.43. The van der Waals surface area contributed by atoms with E-state index in [4.69, 9.17) is 4.74 Å². The van der Waals surface area contributed by atoms with Crippen LogP contribution in [0.3, 0.4) is 0 Å². The molecule has 0 unspecified atom stereocenters. The van der Waals surface area contributed by atoms with Crippen LogP contribution in [0.15, 0.2) is 46.9 Å². The SMILES string of the molecule is COc1cccc2nnc(-c3ccc(Br)cc3)n12. The first kappa shape index (κ1) is 11.2. The zero-order valence-electron chi connectivity index (χ0n) is 9.67. The Labute approximate surface area is 112 Å². The molecule has 4 nitrogen and oxygen atoms in total. The van der Waals surface area contributed by atoms with Crippen LogP contribution >= 0.6 is 15.9 Å². The fourth-order valence-corrected chi connectivity index (χ4v) is 2.12. The van der Waals surface area contributed by atoms with Crippen LogP contribution in [0.25, 0.3) is 17.0 Å². The number of fused-ring (bicyclic) bond motifs is 1. The number of pyridine rings is 1. The van der Waals surface area contributed by atoms with Gasteiger partial charge in [-0.15, -0.1) is 10.2 Å². The van der Waals surface area contributed by atoms with Gasteiger partial charge in [0.25, 0.3) is 0 Å². The van der Waals surface area contributed by atoms with E-state index in [2.05, 4.69) is 26.1 Å². The molecule has 90 valence electrons. The van der Waals surface area contributed by atoms with Crippen molar-refractivity contribution in [2.45, 2.75) is 0 Å². The lowest BCUT2D eigenvalue weighted by molar-refractivity contribution is 0.393. The van der Waals surface area contributed by atoms with Crippen molar-refractivity contribution in [2.75, 3.05) is 7.11 Å². The third kappa shape index (κ3) is 1.76. The van der Waals surface area contributed by atoms with Gasteiger partial charge in [-0.3, -0.25) is 0 Å². The Morgan fingerprint density at radius 1 is 1.06 bits per heavy atom. The number of halogens is 1. The summed E-state index contributed by atoms with van der Waals surface area (Å²) < 4.78 is 8.27. The third-order valence-corrected chi connectivity index (χ3v) is 3.23. The minimum atomic E-state index is 0.718. The maximum Gasteiger partial charge on any atom is 0.200 e. The summed E-state index contributed by atoms with van der Waals surface area (Å²) in [4.78, 5) is 0. The van der Waals surface area contributed by atoms with Crippen LogP contribution in [0.1, 0.15) is 0 Å². The number of aromatic nitrogens is 3. The number of methoxy groups -OCH3 is 1. The van der Waals surface area contributed by atoms with E-state index in [1.165, 1.54) is 0 Å². The van der Waals surface area contributed by atoms with Gasteiger partial charge in [-0.05, 0) is 24.3 Å². The van der Waals surface area contributed by atoms with Crippen molar-refractivity contribution < 1.29 is 4.74 Å². The van der Waals surface area contributed by atoms with Crippen molar-refractivity contribution in [3.05, 3.63) is 46.9 Å². The Kier molecular flexibility index (Phi) is 2.76. The molecule has 0 saturated carbocycles. The normalized spacial score (nSPS) is 10.8. The zero-order chi connectivity index (χ0) is 12.5. The van der Waals surface area contributed by atoms with Crippen LogP contribution in [0, 0.1) is 0 Å². The predicted octanol–water partition coefficient (Wildman–Crippen LogP) is 3.17. The van der Waals surface area contributed by atoms with Crippen LogP contribution < -0.4 is 4.74 Å². The van der Waals surface area contributed by atoms with Gasteiger partial charge in [0.15, 0.2) is 11.5 Å². The van der Waals surface area contributed by atoms with Gasteiger partial charge < -0.3 is 4.74 Å². The second kappa shape index (κ2) is 4.42. The lowest BCUT2D eigenvalue weighted by atomic mass is 10.2. The average Bonchev–Trinajstić information content (AvgIpc) is 2.83. The summed E-state index contributed by atoms with van der Waals surface area (Å²) >= 11 is 3.42. The molecule has 0 spiro atoms. The van der Waals surface area contributed by atoms with E-state index in [0.29, 0.717) is 0 Å². The molecule has 1 aromatic carbocycles. The Hall–Kier alpha value is -1.88. The molecule has 0 aliphatic rings. The molecule has 0 aliphatic heterocycles. The van der Waals surface area contributed by atoms with Crippen LogP contribution in [0.5, 0.6) is 5.88 Å². The standard InChI is InChI=1S/C13H10BrN3O/c1-18-12-4-2-3-11-15-16-13(17(11)12)9-5-7-10(14)8-6-9/h2-8H,1H3. The number of hydrogen-bond acceptors (Lipinski definition) is 3. The molecule has 0 radical (unpaired) electrons. The molecular weight excluding hydrogens is 294 g/mol. The van der Waals surface area contributed by atoms with Crippen LogP contribution in [0.2, 0.25) is 0 Å². The van der Waals surface area contributed by atoms with Crippen molar-refractivity contribution in [2.24, 2.45) is 0 Å². The fraction of sp³-hybridized carbons (Fsp3) is 0.0769. The van der Waals surface area contributed by atoms with E-state index < -0.39 is 0 Å². The van der Waals surface area contributed by atoms with Gasteiger partial charge in [0.2, 0.25) is 5.88 Å². The van der Waals surface area contributed by atoms with E-state index >= 15 is 0 Å². The van der Waals surface area contributed by atoms with E-state index in [1.807, 2.05) is 46.9 Å². The van der Waals surface area contributed by atoms with Gasteiger partial charge in [0, 0.05) is 10.0 Å². The molecule has 3 aromatic rings. The fourth-order valence-electron chi connectivity index (χ4n) is 1.86. The molecule has 0 fully saturated rings. The summed E-state index contributed by atoms with van der Waals surface area (Å²) in [5.74, 6) is 1.49. The molecule has 0 aliphatic carbocycles. The maximum atomic E-state index is 5.35. The second-order valence-electron chi connectivity index (χ2n) is 3.79. The Bertz CT molecular complexity index is 691. The van der Waals surface area contributed by atoms with Crippen LogP contribution in [-0.4, -0.2) is 21.7 Å². The summed E-state index contributed by atoms with van der Waals surface area (Å²) in [6.07, 6.45) is 0. The van der Waals surface area contributed by atoms with Gasteiger partial charge in [0.1, 0.15) is 0 Å². The molecule has 0 saturated heterocycles. The predicted molar refractivity (Wildman–Crippen MR) is 72.7 cm³/mol. The van der Waals surface area contributed by atoms with Gasteiger partial charge in [0.05, 0.1) is 7.11 Å². The van der Waals surface area contributed by atoms with Gasteiger partial charge >= 0.3 is 0 Å². The van der Waals surface area contributed by atoms with Crippen LogP contribution in [0.4, 0.5) is 0 Å². The van der Waals surface area contributed by atoms with Crippen molar-refractivity contribution in [3.63, 3.8) is 0 Å². The number of ether oxygens (including phenoxy) is 1. The summed E-state index contributed by atoms with van der Waals surface area (Å²) in [6, 6.07) is 13.6. The molecule has 0 atom stereocenters. The largest absolute Gasteiger partial charge is 0.482 e. The number of nitrogens with zero attached hydrogens (tertiary/aromatic N) is 3. The summed E-state index contributed by atoms with van der Waals surface area (Å²) in [6.45, 7) is 0. The highest BCUT2D eigenvalue weighted by molar-refractivity contribution is 9.10. The molecular formula is C13H10BrN3O. The number of rotatable bonds is 2. The topological polar surface area (TPSA) is 39.4 Å². The van der Waals surface area contributed by atoms with E-state index in [1.54, 1.807) is 7.11 Å². The number of hydrogen-bond donors (Lipinski definition) is 0. The van der Waals surface area contributed by atoms with Crippen molar-refractivity contribution in [3.8, 4) is 17.3 Å². The van der Waals surface area contributed by atoms with Gasteiger partial charge in [-0.25, -0.2) is 4.40 Å². The molecule has 18 heavy (non-hydrogen) atoms. The average molecular weight is 304 g/mol. The smallest absolute Gasteiger partial charge is 0.200 e. The highest BCUT2D eigenvalue weighted by atomic mass is 79.9. The van der Waals surface area contributed by atoms with Crippen LogP contribution in [-0.2, 0) is 0 Å². The van der Waals surface area contributed by atoms with Crippen molar-refractivity contribution in [1.82, 2.24) is 14.6 Å². The highest BCUT2D eigenvalue weighted by Gasteiger charge is 2.11. The first-order chi connectivity index (χ1) is 8.79. The van der Waals surface area contributed by atoms with Crippen molar-refractivity contribution in [1.29, 1.82) is 0 Å². The molecule has 5 heteroatoms. The molecule has 0 N–H and O–H groups in total. The molecule has 2 heterocycles. The summed E-state index contributed by atoms with van der Waals surface area (Å²) in [7, 11) is 1.64. The van der Waals surface area contributed by atoms with Gasteiger partial charge in [-0.1, -0.05) is 34.1 Å².